The molecule has 1 amide bonds. The first-order valence-electron chi connectivity index (χ1n) is 8.48. The highest BCUT2D eigenvalue weighted by Gasteiger charge is 2.26. The SMILES string of the molecule is C[C@H](C(=O)Nc1cc(Cl)ccc1Cl)N1CCN(c2ccc(O)cc2)CC1. The first-order valence-corrected chi connectivity index (χ1v) is 9.23. The van der Waals surface area contributed by atoms with Gasteiger partial charge in [0.1, 0.15) is 5.75 Å². The molecule has 5 nitrogen and oxygen atoms in total. The zero-order valence-corrected chi connectivity index (χ0v) is 16.0. The van der Waals surface area contributed by atoms with Crippen molar-refractivity contribution < 1.29 is 9.90 Å². The van der Waals surface area contributed by atoms with Crippen LogP contribution in [-0.2, 0) is 4.79 Å². The highest BCUT2D eigenvalue weighted by molar-refractivity contribution is 6.35. The van der Waals surface area contributed by atoms with Crippen LogP contribution in [0.3, 0.4) is 0 Å². The molecule has 1 saturated heterocycles. The number of nitrogens with one attached hydrogen (secondary N) is 1. The van der Waals surface area contributed by atoms with Crippen LogP contribution >= 0.6 is 23.2 Å². The van der Waals surface area contributed by atoms with Crippen LogP contribution in [0, 0.1) is 0 Å². The van der Waals surface area contributed by atoms with E-state index in [1.807, 2.05) is 19.1 Å². The summed E-state index contributed by atoms with van der Waals surface area (Å²) in [5.74, 6) is 0.157. The molecule has 0 unspecified atom stereocenters. The first kappa shape index (κ1) is 18.8. The van der Waals surface area contributed by atoms with E-state index in [-0.39, 0.29) is 17.7 Å². The number of halogens is 2. The van der Waals surface area contributed by atoms with Gasteiger partial charge in [-0.15, -0.1) is 0 Å². The van der Waals surface area contributed by atoms with Crippen molar-refractivity contribution in [2.24, 2.45) is 0 Å². The van der Waals surface area contributed by atoms with Crippen molar-refractivity contribution in [1.29, 1.82) is 0 Å². The van der Waals surface area contributed by atoms with Gasteiger partial charge in [-0.1, -0.05) is 23.2 Å². The van der Waals surface area contributed by atoms with E-state index in [2.05, 4.69) is 15.1 Å². The van der Waals surface area contributed by atoms with Crippen molar-refractivity contribution in [2.75, 3.05) is 36.4 Å². The Labute approximate surface area is 163 Å². The van der Waals surface area contributed by atoms with E-state index in [1.54, 1.807) is 30.3 Å². The molecule has 26 heavy (non-hydrogen) atoms. The zero-order chi connectivity index (χ0) is 18.7. The number of nitrogens with zero attached hydrogens (tertiary/aromatic N) is 2. The summed E-state index contributed by atoms with van der Waals surface area (Å²) in [5.41, 5.74) is 1.60. The third-order valence-electron chi connectivity index (χ3n) is 4.64. The molecule has 1 heterocycles. The molecular weight excluding hydrogens is 373 g/mol. The molecule has 1 aliphatic heterocycles. The minimum absolute atomic E-state index is 0.104. The molecule has 0 aromatic heterocycles. The highest BCUT2D eigenvalue weighted by atomic mass is 35.5. The molecule has 0 bridgehead atoms. The second-order valence-electron chi connectivity index (χ2n) is 6.33. The number of rotatable bonds is 4. The molecule has 2 aromatic rings. The molecule has 0 saturated carbocycles. The van der Waals surface area contributed by atoms with Crippen LogP contribution in [0.1, 0.15) is 6.92 Å². The lowest BCUT2D eigenvalue weighted by Gasteiger charge is -2.38. The maximum Gasteiger partial charge on any atom is 0.241 e. The van der Waals surface area contributed by atoms with Gasteiger partial charge in [-0.2, -0.15) is 0 Å². The lowest BCUT2D eigenvalue weighted by Crippen LogP contribution is -2.52. The topological polar surface area (TPSA) is 55.8 Å². The predicted molar refractivity (Wildman–Crippen MR) is 106 cm³/mol. The first-order chi connectivity index (χ1) is 12.4. The van der Waals surface area contributed by atoms with Gasteiger partial charge in [-0.25, -0.2) is 0 Å². The minimum atomic E-state index is -0.271. The molecule has 1 atom stereocenters. The van der Waals surface area contributed by atoms with Crippen LogP contribution in [0.15, 0.2) is 42.5 Å². The summed E-state index contributed by atoms with van der Waals surface area (Å²) in [6.07, 6.45) is 0. The average molecular weight is 394 g/mol. The maximum atomic E-state index is 12.6. The Morgan fingerprint density at radius 2 is 1.73 bits per heavy atom. The summed E-state index contributed by atoms with van der Waals surface area (Å²) in [6.45, 7) is 5.09. The van der Waals surface area contributed by atoms with Gasteiger partial charge < -0.3 is 15.3 Å². The fourth-order valence-electron chi connectivity index (χ4n) is 3.03. The second kappa shape index (κ2) is 8.16. The Morgan fingerprint density at radius 1 is 1.08 bits per heavy atom. The molecule has 0 aliphatic carbocycles. The molecule has 7 heteroatoms. The van der Waals surface area contributed by atoms with Crippen LogP contribution in [-0.4, -0.2) is 48.1 Å². The summed E-state index contributed by atoms with van der Waals surface area (Å²) < 4.78 is 0. The van der Waals surface area contributed by atoms with E-state index in [4.69, 9.17) is 23.2 Å². The van der Waals surface area contributed by atoms with E-state index in [0.717, 1.165) is 31.9 Å². The van der Waals surface area contributed by atoms with Crippen LogP contribution < -0.4 is 10.2 Å². The number of aromatic hydroxyl groups is 1. The third-order valence-corrected chi connectivity index (χ3v) is 5.21. The number of phenols is 1. The van der Waals surface area contributed by atoms with Crippen molar-refractivity contribution in [1.82, 2.24) is 4.90 Å². The van der Waals surface area contributed by atoms with Gasteiger partial charge in [0.05, 0.1) is 16.8 Å². The number of amides is 1. The Hall–Kier alpha value is -1.95. The van der Waals surface area contributed by atoms with E-state index in [1.165, 1.54) is 0 Å². The quantitative estimate of drug-likeness (QED) is 0.827. The standard InChI is InChI=1S/C19H21Cl2N3O2/c1-13(19(26)22-18-12-14(20)2-7-17(18)21)23-8-10-24(11-9-23)15-3-5-16(25)6-4-15/h2-7,12-13,25H,8-11H2,1H3,(H,22,26)/t13-/m1/s1. The van der Waals surface area contributed by atoms with Crippen LogP contribution in [0.5, 0.6) is 5.75 Å². The third kappa shape index (κ3) is 4.41. The largest absolute Gasteiger partial charge is 0.508 e. The Morgan fingerprint density at radius 3 is 2.38 bits per heavy atom. The summed E-state index contributed by atoms with van der Waals surface area (Å²) >= 11 is 12.1. The lowest BCUT2D eigenvalue weighted by atomic mass is 10.2. The van der Waals surface area contributed by atoms with Gasteiger partial charge in [-0.05, 0) is 49.4 Å². The molecule has 1 fully saturated rings. The molecule has 2 N–H and O–H groups in total. The van der Waals surface area contributed by atoms with Crippen LogP contribution in [0.25, 0.3) is 0 Å². The fraction of sp³-hybridized carbons (Fsp3) is 0.316. The monoisotopic (exact) mass is 393 g/mol. The zero-order valence-electron chi connectivity index (χ0n) is 14.5. The number of phenolic OH excluding ortho intramolecular Hbond substituents is 1. The summed E-state index contributed by atoms with van der Waals surface area (Å²) in [4.78, 5) is 17.0. The van der Waals surface area contributed by atoms with Gasteiger partial charge in [0, 0.05) is 36.9 Å². The molecule has 0 radical (unpaired) electrons. The van der Waals surface area contributed by atoms with Crippen molar-refractivity contribution in [3.63, 3.8) is 0 Å². The average Bonchev–Trinajstić information content (AvgIpc) is 2.65. The summed E-state index contributed by atoms with van der Waals surface area (Å²) in [5, 5.41) is 13.3. The van der Waals surface area contributed by atoms with Crippen molar-refractivity contribution in [3.05, 3.63) is 52.5 Å². The summed E-state index contributed by atoms with van der Waals surface area (Å²) in [7, 11) is 0. The number of carbonyl (C=O) groups excluding carboxylic acids is 1. The minimum Gasteiger partial charge on any atom is -0.508 e. The highest BCUT2D eigenvalue weighted by Crippen LogP contribution is 2.26. The van der Waals surface area contributed by atoms with Crippen LogP contribution in [0.2, 0.25) is 10.0 Å². The van der Waals surface area contributed by atoms with E-state index in [0.29, 0.717) is 15.7 Å². The molecule has 3 rings (SSSR count). The van der Waals surface area contributed by atoms with Crippen LogP contribution in [0.4, 0.5) is 11.4 Å². The van der Waals surface area contributed by atoms with Gasteiger partial charge in [0.2, 0.25) is 5.91 Å². The number of benzene rings is 2. The summed E-state index contributed by atoms with van der Waals surface area (Å²) in [6, 6.07) is 11.9. The normalized spacial score (nSPS) is 16.3. The van der Waals surface area contributed by atoms with Crippen molar-refractivity contribution >= 4 is 40.5 Å². The van der Waals surface area contributed by atoms with E-state index >= 15 is 0 Å². The Bertz CT molecular complexity index is 775. The molecule has 1 aliphatic rings. The van der Waals surface area contributed by atoms with Crippen molar-refractivity contribution in [2.45, 2.75) is 13.0 Å². The lowest BCUT2D eigenvalue weighted by molar-refractivity contribution is -0.120. The van der Waals surface area contributed by atoms with E-state index < -0.39 is 0 Å². The smallest absolute Gasteiger partial charge is 0.241 e. The van der Waals surface area contributed by atoms with Gasteiger partial charge >= 0.3 is 0 Å². The molecule has 2 aromatic carbocycles. The maximum absolute atomic E-state index is 12.6. The molecular formula is C19H21Cl2N3O2. The van der Waals surface area contributed by atoms with Gasteiger partial charge in [0.25, 0.3) is 0 Å². The second-order valence-corrected chi connectivity index (χ2v) is 7.17. The number of anilines is 2. The predicted octanol–water partition coefficient (Wildman–Crippen LogP) is 3.85. The number of hydrogen-bond donors (Lipinski definition) is 2. The van der Waals surface area contributed by atoms with Crippen molar-refractivity contribution in [3.8, 4) is 5.75 Å². The molecule has 138 valence electrons. The number of hydrogen-bond acceptors (Lipinski definition) is 4. The van der Waals surface area contributed by atoms with E-state index in [9.17, 15) is 9.90 Å². The number of carbonyl (C=O) groups is 1. The van der Waals surface area contributed by atoms with Gasteiger partial charge in [0.15, 0.2) is 0 Å². The fourth-order valence-corrected chi connectivity index (χ4v) is 3.36. The number of piperazine rings is 1. The molecule has 0 spiro atoms. The Balaban J connectivity index is 1.57. The van der Waals surface area contributed by atoms with Gasteiger partial charge in [-0.3, -0.25) is 9.69 Å². The Kier molecular flexibility index (Phi) is 5.91.